The minimum absolute atomic E-state index is 0.513. The second-order valence-electron chi connectivity index (χ2n) is 3.17. The lowest BCUT2D eigenvalue weighted by molar-refractivity contribution is 0.412. The van der Waals surface area contributed by atoms with E-state index in [1.165, 1.54) is 0 Å². The van der Waals surface area contributed by atoms with Gasteiger partial charge in [-0.25, -0.2) is 4.98 Å². The van der Waals surface area contributed by atoms with Crippen LogP contribution in [0.25, 0.3) is 0 Å². The molecule has 2 rings (SSSR count). The number of aromatic nitrogens is 1. The third kappa shape index (κ3) is 2.23. The van der Waals surface area contributed by atoms with E-state index in [-0.39, 0.29) is 0 Å². The molecule has 1 aromatic carbocycles. The molecular weight excluding hydrogens is 204 g/mol. The Kier molecular flexibility index (Phi) is 2.91. The van der Waals surface area contributed by atoms with Crippen LogP contribution in [-0.2, 0) is 0 Å². The number of benzene rings is 1. The summed E-state index contributed by atoms with van der Waals surface area (Å²) in [6, 6.07) is 10.7. The molecule has 0 aliphatic carbocycles. The molecule has 0 fully saturated rings. The van der Waals surface area contributed by atoms with E-state index in [1.807, 2.05) is 12.1 Å². The van der Waals surface area contributed by atoms with Gasteiger partial charge in [-0.15, -0.1) is 0 Å². The standard InChI is InChI=1S/C12H12N2O2/c1-15-9-5-6-11(10(13)8-9)16-12-4-2-3-7-14-12/h2-8H,13H2,1H3. The van der Waals surface area contributed by atoms with E-state index in [0.29, 0.717) is 23.1 Å². The van der Waals surface area contributed by atoms with E-state index >= 15 is 0 Å². The van der Waals surface area contributed by atoms with Crippen molar-refractivity contribution in [3.63, 3.8) is 0 Å². The summed E-state index contributed by atoms with van der Waals surface area (Å²) in [5, 5.41) is 0. The molecule has 16 heavy (non-hydrogen) atoms. The molecule has 0 bridgehead atoms. The van der Waals surface area contributed by atoms with Crippen LogP contribution >= 0.6 is 0 Å². The summed E-state index contributed by atoms with van der Waals surface area (Å²) in [4.78, 5) is 4.05. The van der Waals surface area contributed by atoms with Gasteiger partial charge in [-0.3, -0.25) is 0 Å². The molecule has 0 unspecified atom stereocenters. The molecule has 4 nitrogen and oxygen atoms in total. The predicted molar refractivity (Wildman–Crippen MR) is 61.7 cm³/mol. The van der Waals surface area contributed by atoms with Gasteiger partial charge in [-0.1, -0.05) is 6.07 Å². The van der Waals surface area contributed by atoms with Gasteiger partial charge in [0.05, 0.1) is 12.8 Å². The fraction of sp³-hybridized carbons (Fsp3) is 0.0833. The number of anilines is 1. The Morgan fingerprint density at radius 2 is 2.06 bits per heavy atom. The van der Waals surface area contributed by atoms with Crippen LogP contribution in [0.15, 0.2) is 42.6 Å². The Hall–Kier alpha value is -2.23. The number of hydrogen-bond acceptors (Lipinski definition) is 4. The molecule has 2 aromatic rings. The summed E-state index contributed by atoms with van der Waals surface area (Å²) in [5.41, 5.74) is 6.33. The summed E-state index contributed by atoms with van der Waals surface area (Å²) >= 11 is 0. The number of nitrogen functional groups attached to an aromatic ring is 1. The van der Waals surface area contributed by atoms with Crippen LogP contribution in [0.1, 0.15) is 0 Å². The van der Waals surface area contributed by atoms with Gasteiger partial charge in [0.25, 0.3) is 0 Å². The highest BCUT2D eigenvalue weighted by molar-refractivity contribution is 5.57. The van der Waals surface area contributed by atoms with E-state index in [9.17, 15) is 0 Å². The number of pyridine rings is 1. The second-order valence-corrected chi connectivity index (χ2v) is 3.17. The number of nitrogens with zero attached hydrogens (tertiary/aromatic N) is 1. The molecule has 0 aliphatic rings. The average Bonchev–Trinajstić information content (AvgIpc) is 2.33. The van der Waals surface area contributed by atoms with E-state index in [0.717, 1.165) is 0 Å². The third-order valence-corrected chi connectivity index (χ3v) is 2.07. The number of nitrogens with two attached hydrogens (primary N) is 1. The third-order valence-electron chi connectivity index (χ3n) is 2.07. The highest BCUT2D eigenvalue weighted by Gasteiger charge is 2.03. The molecule has 0 aliphatic heterocycles. The minimum Gasteiger partial charge on any atom is -0.497 e. The molecule has 0 amide bonds. The fourth-order valence-electron chi connectivity index (χ4n) is 1.27. The van der Waals surface area contributed by atoms with Crippen molar-refractivity contribution in [2.75, 3.05) is 12.8 Å². The first-order valence-electron chi connectivity index (χ1n) is 4.82. The highest BCUT2D eigenvalue weighted by atomic mass is 16.5. The monoisotopic (exact) mass is 216 g/mol. The van der Waals surface area contributed by atoms with Gasteiger partial charge in [-0.05, 0) is 18.2 Å². The Morgan fingerprint density at radius 3 is 2.69 bits per heavy atom. The lowest BCUT2D eigenvalue weighted by Gasteiger charge is -2.08. The Bertz CT molecular complexity index is 472. The summed E-state index contributed by atoms with van der Waals surface area (Å²) < 4.78 is 10.6. The predicted octanol–water partition coefficient (Wildman–Crippen LogP) is 2.46. The van der Waals surface area contributed by atoms with Crippen molar-refractivity contribution in [3.8, 4) is 17.4 Å². The largest absolute Gasteiger partial charge is 0.497 e. The van der Waals surface area contributed by atoms with Gasteiger partial charge in [0, 0.05) is 18.3 Å². The number of hydrogen-bond donors (Lipinski definition) is 1. The zero-order valence-electron chi connectivity index (χ0n) is 8.88. The van der Waals surface area contributed by atoms with Gasteiger partial charge in [0.15, 0.2) is 5.75 Å². The molecule has 0 saturated heterocycles. The van der Waals surface area contributed by atoms with Crippen molar-refractivity contribution >= 4 is 5.69 Å². The maximum absolute atomic E-state index is 5.81. The van der Waals surface area contributed by atoms with Crippen molar-refractivity contribution in [2.24, 2.45) is 0 Å². The number of rotatable bonds is 3. The second kappa shape index (κ2) is 4.53. The van der Waals surface area contributed by atoms with Crippen molar-refractivity contribution in [2.45, 2.75) is 0 Å². The quantitative estimate of drug-likeness (QED) is 0.801. The smallest absolute Gasteiger partial charge is 0.219 e. The van der Waals surface area contributed by atoms with Crippen LogP contribution in [0.3, 0.4) is 0 Å². The van der Waals surface area contributed by atoms with Crippen molar-refractivity contribution < 1.29 is 9.47 Å². The van der Waals surface area contributed by atoms with E-state index < -0.39 is 0 Å². The first-order valence-corrected chi connectivity index (χ1v) is 4.82. The normalized spacial score (nSPS) is 9.81. The average molecular weight is 216 g/mol. The fourth-order valence-corrected chi connectivity index (χ4v) is 1.27. The first kappa shape index (κ1) is 10.3. The topological polar surface area (TPSA) is 57.4 Å². The maximum atomic E-state index is 5.81. The zero-order chi connectivity index (χ0) is 11.4. The van der Waals surface area contributed by atoms with Gasteiger partial charge >= 0.3 is 0 Å². The molecule has 0 atom stereocenters. The van der Waals surface area contributed by atoms with E-state index in [1.54, 1.807) is 37.6 Å². The SMILES string of the molecule is COc1ccc(Oc2ccccn2)c(N)c1. The summed E-state index contributed by atoms with van der Waals surface area (Å²) in [6.07, 6.45) is 1.66. The molecule has 1 heterocycles. The van der Waals surface area contributed by atoms with E-state index in [4.69, 9.17) is 15.2 Å². The zero-order valence-corrected chi connectivity index (χ0v) is 8.88. The highest BCUT2D eigenvalue weighted by Crippen LogP contribution is 2.29. The van der Waals surface area contributed by atoms with Gasteiger partial charge in [-0.2, -0.15) is 0 Å². The lowest BCUT2D eigenvalue weighted by Crippen LogP contribution is -1.94. The lowest BCUT2D eigenvalue weighted by atomic mass is 10.3. The number of ether oxygens (including phenoxy) is 2. The molecular formula is C12H12N2O2. The Balaban J connectivity index is 2.22. The van der Waals surface area contributed by atoms with Crippen molar-refractivity contribution in [1.29, 1.82) is 0 Å². The van der Waals surface area contributed by atoms with Gasteiger partial charge < -0.3 is 15.2 Å². The molecule has 0 radical (unpaired) electrons. The van der Waals surface area contributed by atoms with Gasteiger partial charge in [0.1, 0.15) is 5.75 Å². The minimum atomic E-state index is 0.513. The van der Waals surface area contributed by atoms with E-state index in [2.05, 4.69) is 4.98 Å². The van der Waals surface area contributed by atoms with Crippen molar-refractivity contribution in [1.82, 2.24) is 4.98 Å². The van der Waals surface area contributed by atoms with Crippen LogP contribution in [0.5, 0.6) is 17.4 Å². The molecule has 0 spiro atoms. The molecule has 82 valence electrons. The molecule has 1 aromatic heterocycles. The summed E-state index contributed by atoms with van der Waals surface area (Å²) in [6.45, 7) is 0. The molecule has 0 saturated carbocycles. The van der Waals surface area contributed by atoms with Crippen molar-refractivity contribution in [3.05, 3.63) is 42.6 Å². The Morgan fingerprint density at radius 1 is 1.19 bits per heavy atom. The van der Waals surface area contributed by atoms with Crippen LogP contribution < -0.4 is 15.2 Å². The first-order chi connectivity index (χ1) is 7.79. The Labute approximate surface area is 93.6 Å². The molecule has 4 heteroatoms. The van der Waals surface area contributed by atoms with Crippen LogP contribution in [0.2, 0.25) is 0 Å². The maximum Gasteiger partial charge on any atom is 0.219 e. The summed E-state index contributed by atoms with van der Waals surface area (Å²) in [7, 11) is 1.59. The van der Waals surface area contributed by atoms with Crippen LogP contribution in [0.4, 0.5) is 5.69 Å². The van der Waals surface area contributed by atoms with Gasteiger partial charge in [0.2, 0.25) is 5.88 Å². The van der Waals surface area contributed by atoms with Crippen LogP contribution in [0, 0.1) is 0 Å². The number of methoxy groups -OCH3 is 1. The summed E-state index contributed by atoms with van der Waals surface area (Å²) in [5.74, 6) is 1.78. The van der Waals surface area contributed by atoms with Crippen LogP contribution in [-0.4, -0.2) is 12.1 Å². The molecule has 2 N–H and O–H groups in total.